The lowest BCUT2D eigenvalue weighted by Gasteiger charge is -2.37. The van der Waals surface area contributed by atoms with E-state index in [1.54, 1.807) is 0 Å². The third-order valence-electron chi connectivity index (χ3n) is 7.18. The predicted octanol–water partition coefficient (Wildman–Crippen LogP) is 1.47. The molecule has 27 heavy (non-hydrogen) atoms. The summed E-state index contributed by atoms with van der Waals surface area (Å²) in [6, 6.07) is 0. The van der Waals surface area contributed by atoms with Gasteiger partial charge in [-0.05, 0) is 26.2 Å². The molecule has 1 aliphatic carbocycles. The number of rotatable bonds is 3. The van der Waals surface area contributed by atoms with Crippen molar-refractivity contribution in [1.82, 2.24) is 0 Å². The Morgan fingerprint density at radius 2 is 1.96 bits per heavy atom. The molecule has 2 bridgehead atoms. The van der Waals surface area contributed by atoms with Gasteiger partial charge in [-0.15, -0.1) is 0 Å². The van der Waals surface area contributed by atoms with E-state index in [1.165, 1.54) is 13.4 Å². The number of methoxy groups -OCH3 is 1. The minimum Gasteiger partial charge on any atom is -0.471 e. The third-order valence-corrected chi connectivity index (χ3v) is 7.18. The van der Waals surface area contributed by atoms with Crippen molar-refractivity contribution >= 4 is 17.9 Å². The van der Waals surface area contributed by atoms with Crippen LogP contribution in [0.5, 0.6) is 0 Å². The van der Waals surface area contributed by atoms with Crippen molar-refractivity contribution in [1.29, 1.82) is 0 Å². The van der Waals surface area contributed by atoms with Gasteiger partial charge in [0.1, 0.15) is 17.9 Å². The fourth-order valence-electron chi connectivity index (χ4n) is 4.80. The van der Waals surface area contributed by atoms with Gasteiger partial charge in [-0.1, -0.05) is 13.8 Å². The van der Waals surface area contributed by atoms with Gasteiger partial charge in [0.2, 0.25) is 11.9 Å². The van der Waals surface area contributed by atoms with E-state index in [2.05, 4.69) is 0 Å². The van der Waals surface area contributed by atoms with Crippen LogP contribution in [0, 0.1) is 16.7 Å². The van der Waals surface area contributed by atoms with E-state index in [9.17, 15) is 14.4 Å². The van der Waals surface area contributed by atoms with Gasteiger partial charge < -0.3 is 23.7 Å². The van der Waals surface area contributed by atoms with Gasteiger partial charge in [0.05, 0.1) is 25.0 Å². The van der Waals surface area contributed by atoms with E-state index < -0.39 is 40.8 Å². The molecule has 0 unspecified atom stereocenters. The van der Waals surface area contributed by atoms with Gasteiger partial charge in [0.15, 0.2) is 0 Å². The zero-order chi connectivity index (χ0) is 19.6. The standard InChI is InChI=1S/C19H24O8/c1-17(2)18(3)6-7-19(17,27-15(18)21)16(22)26-12-10-5-8-24-14(10)25-9-11(12)13(20)23-4/h9-10,12,14H,5-8H2,1-4H3/t10-,12-,14+,18-,19+/m0/s1. The average Bonchev–Trinajstić information content (AvgIpc) is 3.23. The molecule has 8 heteroatoms. The van der Waals surface area contributed by atoms with Crippen LogP contribution in [0.2, 0.25) is 0 Å². The molecule has 4 aliphatic rings. The molecule has 0 aromatic rings. The van der Waals surface area contributed by atoms with Gasteiger partial charge in [-0.3, -0.25) is 4.79 Å². The Morgan fingerprint density at radius 1 is 1.22 bits per heavy atom. The molecule has 0 spiro atoms. The molecule has 1 saturated carbocycles. The molecule has 0 N–H and O–H groups in total. The maximum absolute atomic E-state index is 13.3. The number of esters is 3. The lowest BCUT2D eigenvalue weighted by atomic mass is 9.66. The van der Waals surface area contributed by atoms with Crippen molar-refractivity contribution in [2.75, 3.05) is 13.7 Å². The van der Waals surface area contributed by atoms with Crippen molar-refractivity contribution in [3.8, 4) is 0 Å². The van der Waals surface area contributed by atoms with Gasteiger partial charge in [-0.25, -0.2) is 9.59 Å². The van der Waals surface area contributed by atoms with E-state index in [0.29, 0.717) is 25.9 Å². The molecular formula is C19H24O8. The average molecular weight is 380 g/mol. The SMILES string of the molecule is COC(=O)C1=CO[C@H]2OCC[C@H]2[C@@H]1OC(=O)[C@@]12CC[C@@](C)(C(=O)O1)C2(C)C. The molecule has 3 fully saturated rings. The first-order valence-corrected chi connectivity index (χ1v) is 9.18. The second-order valence-electron chi connectivity index (χ2n) is 8.39. The summed E-state index contributed by atoms with van der Waals surface area (Å²) >= 11 is 0. The maximum atomic E-state index is 13.3. The number of carbonyl (C=O) groups is 3. The number of fused-ring (bicyclic) bond motifs is 3. The Labute approximate surface area is 157 Å². The number of carbonyl (C=O) groups excluding carboxylic acids is 3. The topological polar surface area (TPSA) is 97.4 Å². The second-order valence-corrected chi connectivity index (χ2v) is 8.39. The summed E-state index contributed by atoms with van der Waals surface area (Å²) in [5.74, 6) is -1.96. The number of hydrogen-bond donors (Lipinski definition) is 0. The van der Waals surface area contributed by atoms with Crippen LogP contribution in [0.25, 0.3) is 0 Å². The summed E-state index contributed by atoms with van der Waals surface area (Å²) in [7, 11) is 1.25. The van der Waals surface area contributed by atoms with Gasteiger partial charge in [0.25, 0.3) is 0 Å². The first-order valence-electron chi connectivity index (χ1n) is 9.18. The zero-order valence-electron chi connectivity index (χ0n) is 15.9. The summed E-state index contributed by atoms with van der Waals surface area (Å²) in [6.45, 7) is 5.98. The maximum Gasteiger partial charge on any atom is 0.351 e. The van der Waals surface area contributed by atoms with Crippen LogP contribution in [0.4, 0.5) is 0 Å². The molecular weight excluding hydrogens is 356 g/mol. The first-order chi connectivity index (χ1) is 12.7. The molecule has 5 atom stereocenters. The van der Waals surface area contributed by atoms with Crippen molar-refractivity contribution in [2.45, 2.75) is 58.0 Å². The van der Waals surface area contributed by atoms with E-state index in [1.807, 2.05) is 20.8 Å². The molecule has 0 radical (unpaired) electrons. The van der Waals surface area contributed by atoms with Crippen LogP contribution in [-0.4, -0.2) is 49.6 Å². The smallest absolute Gasteiger partial charge is 0.351 e. The largest absolute Gasteiger partial charge is 0.471 e. The van der Waals surface area contributed by atoms with E-state index in [0.717, 1.165) is 0 Å². The minimum atomic E-state index is -1.35. The molecule has 0 aromatic carbocycles. The molecule has 8 nitrogen and oxygen atoms in total. The minimum absolute atomic E-state index is 0.122. The number of ether oxygens (including phenoxy) is 5. The normalized spacial score (nSPS) is 41.3. The van der Waals surface area contributed by atoms with Crippen LogP contribution in [-0.2, 0) is 38.1 Å². The fourth-order valence-corrected chi connectivity index (χ4v) is 4.80. The van der Waals surface area contributed by atoms with Gasteiger partial charge >= 0.3 is 17.9 Å². The molecule has 0 aromatic heterocycles. The molecule has 148 valence electrons. The highest BCUT2D eigenvalue weighted by Crippen LogP contribution is 2.66. The third kappa shape index (κ3) is 2.16. The van der Waals surface area contributed by atoms with Crippen LogP contribution >= 0.6 is 0 Å². The lowest BCUT2D eigenvalue weighted by molar-refractivity contribution is -0.194. The highest BCUT2D eigenvalue weighted by molar-refractivity contribution is 5.95. The van der Waals surface area contributed by atoms with Crippen molar-refractivity contribution in [2.24, 2.45) is 16.7 Å². The van der Waals surface area contributed by atoms with E-state index in [-0.39, 0.29) is 17.5 Å². The summed E-state index contributed by atoms with van der Waals surface area (Å²) < 4.78 is 27.2. The highest BCUT2D eigenvalue weighted by Gasteiger charge is 2.76. The molecule has 3 aliphatic heterocycles. The second kappa shape index (κ2) is 5.70. The first kappa shape index (κ1) is 18.3. The number of hydrogen-bond acceptors (Lipinski definition) is 8. The molecule has 0 amide bonds. The summed E-state index contributed by atoms with van der Waals surface area (Å²) in [5.41, 5.74) is -2.69. The Balaban J connectivity index is 1.65. The van der Waals surface area contributed by atoms with Crippen molar-refractivity contribution in [3.05, 3.63) is 11.8 Å². The van der Waals surface area contributed by atoms with Crippen LogP contribution in [0.3, 0.4) is 0 Å². The highest BCUT2D eigenvalue weighted by atomic mass is 16.7. The van der Waals surface area contributed by atoms with Gasteiger partial charge in [0, 0.05) is 5.41 Å². The van der Waals surface area contributed by atoms with E-state index >= 15 is 0 Å². The van der Waals surface area contributed by atoms with Crippen LogP contribution < -0.4 is 0 Å². The summed E-state index contributed by atoms with van der Waals surface area (Å²) in [6.07, 6.45) is 1.30. The monoisotopic (exact) mass is 380 g/mol. The quantitative estimate of drug-likeness (QED) is 0.536. The van der Waals surface area contributed by atoms with Crippen LogP contribution in [0.1, 0.15) is 40.0 Å². The zero-order valence-corrected chi connectivity index (χ0v) is 15.9. The predicted molar refractivity (Wildman–Crippen MR) is 88.9 cm³/mol. The van der Waals surface area contributed by atoms with Crippen molar-refractivity contribution < 1.29 is 38.1 Å². The Hall–Kier alpha value is -2.09. The van der Waals surface area contributed by atoms with Crippen LogP contribution in [0.15, 0.2) is 11.8 Å². The Morgan fingerprint density at radius 3 is 2.56 bits per heavy atom. The van der Waals surface area contributed by atoms with E-state index in [4.69, 9.17) is 23.7 Å². The van der Waals surface area contributed by atoms with Crippen molar-refractivity contribution in [3.63, 3.8) is 0 Å². The molecule has 4 rings (SSSR count). The summed E-state index contributed by atoms with van der Waals surface area (Å²) in [5, 5.41) is 0. The van der Waals surface area contributed by atoms with Gasteiger partial charge in [-0.2, -0.15) is 0 Å². The fraction of sp³-hybridized carbons (Fsp3) is 0.737. The molecule has 2 saturated heterocycles. The Bertz CT molecular complexity index is 740. The summed E-state index contributed by atoms with van der Waals surface area (Å²) in [4.78, 5) is 37.9. The molecule has 3 heterocycles. The lowest BCUT2D eigenvalue weighted by Crippen LogP contribution is -2.52. The Kier molecular flexibility index (Phi) is 3.86.